The van der Waals surface area contributed by atoms with Crippen molar-refractivity contribution in [3.63, 3.8) is 0 Å². The molecule has 0 saturated heterocycles. The van der Waals surface area contributed by atoms with E-state index >= 15 is 0 Å². The van der Waals surface area contributed by atoms with Gasteiger partial charge in [0.25, 0.3) is 0 Å². The Bertz CT molecular complexity index is 890. The van der Waals surface area contributed by atoms with Crippen LogP contribution in [0.3, 0.4) is 0 Å². The normalized spacial score (nSPS) is 12.2. The Morgan fingerprint density at radius 1 is 1.35 bits per heavy atom. The van der Waals surface area contributed by atoms with Crippen LogP contribution in [0.4, 0.5) is 0 Å². The van der Waals surface area contributed by atoms with E-state index in [4.69, 9.17) is 0 Å². The fourth-order valence-corrected chi connectivity index (χ4v) is 4.31. The molecule has 2 aromatic heterocycles. The molecule has 4 nitrogen and oxygen atoms in total. The van der Waals surface area contributed by atoms with E-state index in [9.17, 15) is 8.42 Å². The van der Waals surface area contributed by atoms with Crippen molar-refractivity contribution in [1.82, 2.24) is 9.97 Å². The highest BCUT2D eigenvalue weighted by Crippen LogP contribution is 2.34. The van der Waals surface area contributed by atoms with Crippen LogP contribution < -0.4 is 0 Å². The third kappa shape index (κ3) is 2.30. The van der Waals surface area contributed by atoms with Crippen LogP contribution in [0.15, 0.2) is 32.9 Å². The highest BCUT2D eigenvalue weighted by atomic mass is 79.9. The van der Waals surface area contributed by atoms with Gasteiger partial charge in [0.1, 0.15) is 11.3 Å². The van der Waals surface area contributed by atoms with E-state index in [2.05, 4.69) is 25.9 Å². The van der Waals surface area contributed by atoms with Crippen molar-refractivity contribution in [2.45, 2.75) is 11.8 Å². The maximum absolute atomic E-state index is 11.8. The number of benzene rings is 1. The molecule has 0 aliphatic rings. The van der Waals surface area contributed by atoms with Crippen LogP contribution >= 0.6 is 27.3 Å². The molecule has 2 heterocycles. The molecule has 0 saturated carbocycles. The maximum Gasteiger partial charge on any atom is 0.177 e. The summed E-state index contributed by atoms with van der Waals surface area (Å²) < 4.78 is 24.6. The average Bonchev–Trinajstić information content (AvgIpc) is 2.92. The number of sulfone groups is 1. The first-order chi connectivity index (χ1) is 9.36. The van der Waals surface area contributed by atoms with E-state index in [1.54, 1.807) is 23.5 Å². The van der Waals surface area contributed by atoms with Crippen molar-refractivity contribution in [2.24, 2.45) is 0 Å². The number of thiophene rings is 1. The first-order valence-corrected chi connectivity index (χ1v) is 9.31. The number of aromatic amines is 1. The Hall–Kier alpha value is -1.18. The van der Waals surface area contributed by atoms with Crippen LogP contribution in [0, 0.1) is 6.92 Å². The zero-order chi connectivity index (χ0) is 14.5. The summed E-state index contributed by atoms with van der Waals surface area (Å²) in [6.45, 7) is 2.01. The maximum atomic E-state index is 11.8. The third-order valence-corrected chi connectivity index (χ3v) is 6.24. The largest absolute Gasteiger partial charge is 0.337 e. The summed E-state index contributed by atoms with van der Waals surface area (Å²) in [5.74, 6) is 0.690. The number of rotatable bonds is 2. The van der Waals surface area contributed by atoms with E-state index in [0.717, 1.165) is 19.7 Å². The molecule has 20 heavy (non-hydrogen) atoms. The third-order valence-electron chi connectivity index (χ3n) is 2.97. The predicted octanol–water partition coefficient (Wildman–Crippen LogP) is 3.77. The Morgan fingerprint density at radius 3 is 2.70 bits per heavy atom. The number of aryl methyl sites for hydroxylation is 1. The lowest BCUT2D eigenvalue weighted by molar-refractivity contribution is 0.602. The topological polar surface area (TPSA) is 62.8 Å². The van der Waals surface area contributed by atoms with E-state index < -0.39 is 9.84 Å². The summed E-state index contributed by atoms with van der Waals surface area (Å²) in [5, 5.41) is 0. The van der Waals surface area contributed by atoms with Crippen LogP contribution in [-0.2, 0) is 9.84 Å². The zero-order valence-corrected chi connectivity index (χ0v) is 14.0. The average molecular weight is 371 g/mol. The van der Waals surface area contributed by atoms with E-state index in [1.165, 1.54) is 6.26 Å². The highest BCUT2D eigenvalue weighted by Gasteiger charge is 2.16. The highest BCUT2D eigenvalue weighted by molar-refractivity contribution is 9.11. The number of para-hydroxylation sites is 1. The molecule has 0 bridgehead atoms. The molecule has 0 aliphatic heterocycles. The SMILES string of the molecule is Cc1cc(-c2nc3c(S(C)(=O)=O)cccc3[nH]2)sc1Br. The van der Waals surface area contributed by atoms with Crippen molar-refractivity contribution in [2.75, 3.05) is 6.26 Å². The Balaban J connectivity index is 2.26. The van der Waals surface area contributed by atoms with Crippen molar-refractivity contribution in [3.8, 4) is 10.7 Å². The molecule has 3 rings (SSSR count). The number of nitrogens with zero attached hydrogens (tertiary/aromatic N) is 1. The minimum atomic E-state index is -3.29. The fourth-order valence-electron chi connectivity index (χ4n) is 2.00. The molecule has 0 spiro atoms. The molecule has 0 aliphatic carbocycles. The molecule has 0 unspecified atom stereocenters. The second-order valence-electron chi connectivity index (χ2n) is 4.58. The Kier molecular flexibility index (Phi) is 3.23. The summed E-state index contributed by atoms with van der Waals surface area (Å²) >= 11 is 5.05. The van der Waals surface area contributed by atoms with Crippen LogP contribution in [0.25, 0.3) is 21.7 Å². The summed E-state index contributed by atoms with van der Waals surface area (Å²) in [5.41, 5.74) is 2.35. The quantitative estimate of drug-likeness (QED) is 0.746. The number of nitrogens with one attached hydrogen (secondary N) is 1. The summed E-state index contributed by atoms with van der Waals surface area (Å²) in [4.78, 5) is 8.87. The molecule has 0 amide bonds. The molecular weight excluding hydrogens is 360 g/mol. The number of aromatic nitrogens is 2. The van der Waals surface area contributed by atoms with Crippen LogP contribution in [-0.4, -0.2) is 24.6 Å². The van der Waals surface area contributed by atoms with Gasteiger partial charge in [-0.2, -0.15) is 0 Å². The van der Waals surface area contributed by atoms with Gasteiger partial charge in [0, 0.05) is 6.26 Å². The van der Waals surface area contributed by atoms with Crippen LogP contribution in [0.5, 0.6) is 0 Å². The van der Waals surface area contributed by atoms with Crippen molar-refractivity contribution in [1.29, 1.82) is 0 Å². The zero-order valence-electron chi connectivity index (χ0n) is 10.8. The molecule has 1 aromatic carbocycles. The monoisotopic (exact) mass is 370 g/mol. The Morgan fingerprint density at radius 2 is 2.10 bits per heavy atom. The second-order valence-corrected chi connectivity index (χ2v) is 8.93. The predicted molar refractivity (Wildman–Crippen MR) is 85.0 cm³/mol. The molecule has 7 heteroatoms. The van der Waals surface area contributed by atoms with Gasteiger partial charge in [-0.15, -0.1) is 11.3 Å². The van der Waals surface area contributed by atoms with Gasteiger partial charge in [-0.1, -0.05) is 6.07 Å². The van der Waals surface area contributed by atoms with E-state index in [0.29, 0.717) is 11.3 Å². The standard InChI is InChI=1S/C13H11BrN2O2S2/c1-7-6-9(19-12(7)14)13-15-8-4-3-5-10(11(8)16-13)20(2,17)18/h3-6H,1-2H3,(H,15,16). The van der Waals surface area contributed by atoms with Gasteiger partial charge in [-0.25, -0.2) is 13.4 Å². The van der Waals surface area contributed by atoms with Gasteiger partial charge in [-0.3, -0.25) is 0 Å². The summed E-state index contributed by atoms with van der Waals surface area (Å²) in [6, 6.07) is 7.15. The molecule has 3 aromatic rings. The lowest BCUT2D eigenvalue weighted by atomic mass is 10.3. The fraction of sp³-hybridized carbons (Fsp3) is 0.154. The molecule has 0 radical (unpaired) electrons. The summed E-state index contributed by atoms with van der Waals surface area (Å²) in [7, 11) is -3.29. The number of fused-ring (bicyclic) bond motifs is 1. The number of hydrogen-bond donors (Lipinski definition) is 1. The van der Waals surface area contributed by atoms with E-state index in [1.807, 2.05) is 19.1 Å². The van der Waals surface area contributed by atoms with Gasteiger partial charge in [0.05, 0.1) is 19.1 Å². The number of hydrogen-bond acceptors (Lipinski definition) is 4. The molecule has 1 N–H and O–H groups in total. The summed E-state index contributed by atoms with van der Waals surface area (Å²) in [6.07, 6.45) is 1.20. The van der Waals surface area contributed by atoms with Gasteiger partial charge in [-0.05, 0) is 46.6 Å². The van der Waals surface area contributed by atoms with Crippen molar-refractivity contribution < 1.29 is 8.42 Å². The molecule has 104 valence electrons. The van der Waals surface area contributed by atoms with Crippen molar-refractivity contribution in [3.05, 3.63) is 33.6 Å². The van der Waals surface area contributed by atoms with Gasteiger partial charge >= 0.3 is 0 Å². The lowest BCUT2D eigenvalue weighted by Crippen LogP contribution is -1.97. The minimum absolute atomic E-state index is 0.254. The number of H-pyrrole nitrogens is 1. The van der Waals surface area contributed by atoms with Gasteiger partial charge in [0.15, 0.2) is 9.84 Å². The van der Waals surface area contributed by atoms with Crippen LogP contribution in [0.1, 0.15) is 5.56 Å². The van der Waals surface area contributed by atoms with Crippen LogP contribution in [0.2, 0.25) is 0 Å². The molecular formula is C13H11BrN2O2S2. The second kappa shape index (κ2) is 4.68. The molecule has 0 atom stereocenters. The van der Waals surface area contributed by atoms with E-state index in [-0.39, 0.29) is 4.90 Å². The van der Waals surface area contributed by atoms with Gasteiger partial charge in [0.2, 0.25) is 0 Å². The number of halogens is 1. The smallest absolute Gasteiger partial charge is 0.177 e. The number of imidazole rings is 1. The first kappa shape index (κ1) is 13.8. The minimum Gasteiger partial charge on any atom is -0.337 e. The van der Waals surface area contributed by atoms with Crippen molar-refractivity contribution >= 4 is 48.1 Å². The van der Waals surface area contributed by atoms with Gasteiger partial charge < -0.3 is 4.98 Å². The Labute approximate surface area is 128 Å². The first-order valence-electron chi connectivity index (χ1n) is 5.81. The lowest BCUT2D eigenvalue weighted by Gasteiger charge is -1.97. The molecule has 0 fully saturated rings.